The van der Waals surface area contributed by atoms with Crippen molar-refractivity contribution >= 4 is 21.6 Å². The van der Waals surface area contributed by atoms with Crippen molar-refractivity contribution in [3.8, 4) is 5.75 Å². The van der Waals surface area contributed by atoms with Crippen LogP contribution in [0.15, 0.2) is 23.1 Å². The maximum absolute atomic E-state index is 12.8. The van der Waals surface area contributed by atoms with Gasteiger partial charge in [0.15, 0.2) is 0 Å². The molecule has 1 N–H and O–H groups in total. The van der Waals surface area contributed by atoms with E-state index in [2.05, 4.69) is 5.32 Å². The summed E-state index contributed by atoms with van der Waals surface area (Å²) in [5.74, 6) is 0.706. The summed E-state index contributed by atoms with van der Waals surface area (Å²) >= 11 is 5.91. The molecule has 2 saturated heterocycles. The van der Waals surface area contributed by atoms with E-state index in [0.29, 0.717) is 29.8 Å². The van der Waals surface area contributed by atoms with Crippen molar-refractivity contribution in [2.75, 3.05) is 26.7 Å². The lowest BCUT2D eigenvalue weighted by Crippen LogP contribution is -2.41. The van der Waals surface area contributed by atoms with Crippen molar-refractivity contribution in [1.82, 2.24) is 9.62 Å². The highest BCUT2D eigenvalue weighted by atomic mass is 35.5. The zero-order valence-electron chi connectivity index (χ0n) is 11.9. The summed E-state index contributed by atoms with van der Waals surface area (Å²) in [5.41, 5.74) is 0. The minimum Gasteiger partial charge on any atom is -0.495 e. The van der Waals surface area contributed by atoms with E-state index in [1.54, 1.807) is 10.4 Å². The number of nitrogens with zero attached hydrogens (tertiary/aromatic N) is 1. The molecule has 2 unspecified atom stereocenters. The molecule has 0 spiro atoms. The zero-order valence-corrected chi connectivity index (χ0v) is 13.5. The van der Waals surface area contributed by atoms with Crippen LogP contribution in [0.3, 0.4) is 0 Å². The van der Waals surface area contributed by atoms with E-state index in [1.165, 1.54) is 19.2 Å². The third kappa shape index (κ3) is 2.77. The van der Waals surface area contributed by atoms with Crippen LogP contribution in [0.5, 0.6) is 5.75 Å². The number of hydrogen-bond acceptors (Lipinski definition) is 4. The standard InChI is InChI=1S/C14H19ClN2O3S/c1-20-13-7-11(15)4-5-14(13)21(18,19)17-8-10-3-2-6-16-12(10)9-17/h4-5,7,10,12,16H,2-3,6,8-9H2,1H3. The largest absolute Gasteiger partial charge is 0.495 e. The van der Waals surface area contributed by atoms with Crippen LogP contribution in [0.4, 0.5) is 0 Å². The lowest BCUT2D eigenvalue weighted by Gasteiger charge is -2.24. The summed E-state index contributed by atoms with van der Waals surface area (Å²) in [4.78, 5) is 0.188. The number of ether oxygens (including phenoxy) is 1. The molecule has 0 saturated carbocycles. The molecular formula is C14H19ClN2O3S. The van der Waals surface area contributed by atoms with Gasteiger partial charge in [-0.2, -0.15) is 4.31 Å². The van der Waals surface area contributed by atoms with Gasteiger partial charge >= 0.3 is 0 Å². The predicted octanol–water partition coefficient (Wildman–Crippen LogP) is 1.72. The van der Waals surface area contributed by atoms with Crippen LogP contribution in [0.1, 0.15) is 12.8 Å². The number of sulfonamides is 1. The van der Waals surface area contributed by atoms with Gasteiger partial charge in [0.2, 0.25) is 10.0 Å². The molecule has 2 fully saturated rings. The molecule has 0 radical (unpaired) electrons. The molecule has 7 heteroatoms. The zero-order chi connectivity index (χ0) is 15.0. The predicted molar refractivity (Wildman–Crippen MR) is 81.3 cm³/mol. The van der Waals surface area contributed by atoms with E-state index >= 15 is 0 Å². The van der Waals surface area contributed by atoms with Crippen LogP contribution < -0.4 is 10.1 Å². The molecule has 3 rings (SSSR count). The van der Waals surface area contributed by atoms with Crippen LogP contribution in [0.2, 0.25) is 5.02 Å². The summed E-state index contributed by atoms with van der Waals surface area (Å²) in [5, 5.41) is 3.87. The second kappa shape index (κ2) is 5.76. The number of nitrogens with one attached hydrogen (secondary N) is 1. The molecular weight excluding hydrogens is 312 g/mol. The van der Waals surface area contributed by atoms with Crippen LogP contribution >= 0.6 is 11.6 Å². The van der Waals surface area contributed by atoms with Gasteiger partial charge in [-0.15, -0.1) is 0 Å². The summed E-state index contributed by atoms with van der Waals surface area (Å²) in [6, 6.07) is 4.91. The average molecular weight is 331 g/mol. The topological polar surface area (TPSA) is 58.6 Å². The quantitative estimate of drug-likeness (QED) is 0.917. The smallest absolute Gasteiger partial charge is 0.246 e. The van der Waals surface area contributed by atoms with E-state index < -0.39 is 10.0 Å². The van der Waals surface area contributed by atoms with Crippen LogP contribution in [0.25, 0.3) is 0 Å². The van der Waals surface area contributed by atoms with Crippen LogP contribution in [-0.2, 0) is 10.0 Å². The lowest BCUT2D eigenvalue weighted by molar-refractivity contribution is 0.339. The average Bonchev–Trinajstić information content (AvgIpc) is 2.91. The molecule has 2 aliphatic heterocycles. The number of halogens is 1. The van der Waals surface area contributed by atoms with E-state index in [0.717, 1.165) is 19.4 Å². The van der Waals surface area contributed by atoms with Gasteiger partial charge < -0.3 is 10.1 Å². The number of rotatable bonds is 3. The third-order valence-corrected chi connectivity index (χ3v) is 6.42. The molecule has 0 amide bonds. The normalized spacial score (nSPS) is 26.6. The molecule has 2 atom stereocenters. The van der Waals surface area contributed by atoms with Gasteiger partial charge in [0.05, 0.1) is 7.11 Å². The molecule has 21 heavy (non-hydrogen) atoms. The maximum atomic E-state index is 12.8. The van der Waals surface area contributed by atoms with Crippen molar-refractivity contribution in [2.45, 2.75) is 23.8 Å². The molecule has 1 aromatic carbocycles. The van der Waals surface area contributed by atoms with Gasteiger partial charge in [0.1, 0.15) is 10.6 Å². The number of fused-ring (bicyclic) bond motifs is 1. The number of benzene rings is 1. The Labute approximate surface area is 130 Å². The summed E-state index contributed by atoms with van der Waals surface area (Å²) < 4.78 is 32.4. The Morgan fingerprint density at radius 3 is 2.90 bits per heavy atom. The monoisotopic (exact) mass is 330 g/mol. The molecule has 0 bridgehead atoms. The second-order valence-corrected chi connectivity index (χ2v) is 7.92. The molecule has 2 aliphatic rings. The fourth-order valence-corrected chi connectivity index (χ4v) is 5.02. The first kappa shape index (κ1) is 15.1. The minimum absolute atomic E-state index is 0.188. The highest BCUT2D eigenvalue weighted by Gasteiger charge is 2.41. The van der Waals surface area contributed by atoms with Crippen molar-refractivity contribution < 1.29 is 13.2 Å². The van der Waals surface area contributed by atoms with E-state index in [9.17, 15) is 8.42 Å². The molecule has 1 aromatic rings. The number of hydrogen-bond donors (Lipinski definition) is 1. The Hall–Kier alpha value is -0.820. The van der Waals surface area contributed by atoms with Crippen molar-refractivity contribution in [3.05, 3.63) is 23.2 Å². The fourth-order valence-electron chi connectivity index (χ4n) is 3.20. The maximum Gasteiger partial charge on any atom is 0.246 e. The lowest BCUT2D eigenvalue weighted by atomic mass is 9.94. The minimum atomic E-state index is -3.55. The van der Waals surface area contributed by atoms with E-state index in [-0.39, 0.29) is 10.9 Å². The Kier molecular flexibility index (Phi) is 4.14. The van der Waals surface area contributed by atoms with Crippen molar-refractivity contribution in [2.24, 2.45) is 5.92 Å². The van der Waals surface area contributed by atoms with E-state index in [4.69, 9.17) is 16.3 Å². The second-order valence-electron chi connectivity index (χ2n) is 5.58. The van der Waals surface area contributed by atoms with Crippen LogP contribution in [0, 0.1) is 5.92 Å². The fraction of sp³-hybridized carbons (Fsp3) is 0.571. The van der Waals surface area contributed by atoms with Gasteiger partial charge in [-0.25, -0.2) is 8.42 Å². The molecule has 5 nitrogen and oxygen atoms in total. The summed E-state index contributed by atoms with van der Waals surface area (Å²) in [6.45, 7) is 2.07. The third-order valence-electron chi connectivity index (χ3n) is 4.31. The number of methoxy groups -OCH3 is 1. The van der Waals surface area contributed by atoms with E-state index in [1.807, 2.05) is 0 Å². The molecule has 0 aliphatic carbocycles. The molecule has 2 heterocycles. The van der Waals surface area contributed by atoms with Crippen LogP contribution in [-0.4, -0.2) is 45.5 Å². The summed E-state index contributed by atoms with van der Waals surface area (Å²) in [6.07, 6.45) is 2.20. The molecule has 116 valence electrons. The number of piperidine rings is 1. The van der Waals surface area contributed by atoms with Crippen molar-refractivity contribution in [3.63, 3.8) is 0 Å². The first-order valence-corrected chi connectivity index (χ1v) is 8.91. The first-order valence-electron chi connectivity index (χ1n) is 7.09. The van der Waals surface area contributed by atoms with Crippen molar-refractivity contribution in [1.29, 1.82) is 0 Å². The highest BCUT2D eigenvalue weighted by Crippen LogP contribution is 2.34. The first-order chi connectivity index (χ1) is 10.0. The Morgan fingerprint density at radius 1 is 1.38 bits per heavy atom. The molecule has 0 aromatic heterocycles. The van der Waals surface area contributed by atoms with Gasteiger partial charge in [-0.1, -0.05) is 11.6 Å². The van der Waals surface area contributed by atoms with Gasteiger partial charge in [0.25, 0.3) is 0 Å². The Morgan fingerprint density at radius 2 is 2.19 bits per heavy atom. The SMILES string of the molecule is COc1cc(Cl)ccc1S(=O)(=O)N1CC2CCCNC2C1. The Balaban J connectivity index is 1.91. The van der Waals surface area contributed by atoms with Gasteiger partial charge in [-0.3, -0.25) is 0 Å². The van der Waals surface area contributed by atoms with Gasteiger partial charge in [-0.05, 0) is 37.4 Å². The highest BCUT2D eigenvalue weighted by molar-refractivity contribution is 7.89. The summed E-state index contributed by atoms with van der Waals surface area (Å²) in [7, 11) is -2.09. The Bertz CT molecular complexity index is 621. The van der Waals surface area contributed by atoms with Gasteiger partial charge in [0, 0.05) is 30.2 Å².